The Kier molecular flexibility index (Phi) is 8.16. The van der Waals surface area contributed by atoms with Gasteiger partial charge in [0.05, 0.1) is 7.11 Å². The van der Waals surface area contributed by atoms with Crippen LogP contribution >= 0.6 is 0 Å². The monoisotopic (exact) mass is 320 g/mol. The van der Waals surface area contributed by atoms with Crippen LogP contribution in [0.3, 0.4) is 0 Å². The summed E-state index contributed by atoms with van der Waals surface area (Å²) in [5.74, 6) is 1.22. The van der Waals surface area contributed by atoms with Gasteiger partial charge in [0, 0.05) is 33.0 Å². The lowest BCUT2D eigenvalue weighted by Gasteiger charge is -2.22. The lowest BCUT2D eigenvalue weighted by atomic mass is 10.1. The number of carbonyl (C=O) groups is 2. The van der Waals surface area contributed by atoms with Crippen molar-refractivity contribution in [2.75, 3.05) is 26.7 Å². The van der Waals surface area contributed by atoms with Crippen LogP contribution in [0.2, 0.25) is 0 Å². The second kappa shape index (κ2) is 9.87. The van der Waals surface area contributed by atoms with Crippen LogP contribution in [0.4, 0.5) is 0 Å². The summed E-state index contributed by atoms with van der Waals surface area (Å²) in [4.78, 5) is 25.1. The summed E-state index contributed by atoms with van der Waals surface area (Å²) < 4.78 is 5.11. The van der Waals surface area contributed by atoms with Gasteiger partial charge in [0.15, 0.2) is 0 Å². The summed E-state index contributed by atoms with van der Waals surface area (Å²) in [6.45, 7) is 7.42. The standard InChI is InChI=1S/C18H28N2O3/c1-14(2)13-20(15(3)21)12-10-18(22)19-11-9-16-5-7-17(23-4)8-6-16/h5-8,14H,9-13H2,1-4H3,(H,19,22). The van der Waals surface area contributed by atoms with E-state index in [2.05, 4.69) is 19.2 Å². The first-order valence-electron chi connectivity index (χ1n) is 8.07. The first-order valence-corrected chi connectivity index (χ1v) is 8.07. The number of carbonyl (C=O) groups excluding carboxylic acids is 2. The molecular weight excluding hydrogens is 292 g/mol. The van der Waals surface area contributed by atoms with E-state index >= 15 is 0 Å². The fourth-order valence-electron chi connectivity index (χ4n) is 2.28. The molecule has 0 aliphatic carbocycles. The third-order valence-electron chi connectivity index (χ3n) is 3.53. The van der Waals surface area contributed by atoms with Crippen LogP contribution in [0.15, 0.2) is 24.3 Å². The van der Waals surface area contributed by atoms with Crippen molar-refractivity contribution in [2.45, 2.75) is 33.6 Å². The van der Waals surface area contributed by atoms with Gasteiger partial charge in [0.1, 0.15) is 5.75 Å². The average Bonchev–Trinajstić information content (AvgIpc) is 2.51. The predicted molar refractivity (Wildman–Crippen MR) is 91.4 cm³/mol. The maximum absolute atomic E-state index is 11.9. The smallest absolute Gasteiger partial charge is 0.221 e. The van der Waals surface area contributed by atoms with E-state index in [0.717, 1.165) is 17.7 Å². The number of rotatable bonds is 9. The van der Waals surface area contributed by atoms with Gasteiger partial charge < -0.3 is 15.0 Å². The number of amides is 2. The number of ether oxygens (including phenoxy) is 1. The SMILES string of the molecule is COc1ccc(CCNC(=O)CCN(CC(C)C)C(C)=O)cc1. The molecule has 0 radical (unpaired) electrons. The molecule has 1 N–H and O–H groups in total. The number of hydrogen-bond donors (Lipinski definition) is 1. The molecule has 0 spiro atoms. The van der Waals surface area contributed by atoms with Crippen LogP contribution in [-0.2, 0) is 16.0 Å². The highest BCUT2D eigenvalue weighted by atomic mass is 16.5. The molecule has 0 bridgehead atoms. The Morgan fingerprint density at radius 1 is 1.22 bits per heavy atom. The summed E-state index contributed by atoms with van der Waals surface area (Å²) in [6, 6.07) is 7.80. The van der Waals surface area contributed by atoms with Crippen molar-refractivity contribution in [3.8, 4) is 5.75 Å². The van der Waals surface area contributed by atoms with E-state index in [1.54, 1.807) is 18.9 Å². The summed E-state index contributed by atoms with van der Waals surface area (Å²) in [7, 11) is 1.64. The molecule has 0 saturated heterocycles. The molecule has 128 valence electrons. The molecule has 0 unspecified atom stereocenters. The molecule has 5 nitrogen and oxygen atoms in total. The van der Waals surface area contributed by atoms with E-state index in [0.29, 0.717) is 32.0 Å². The topological polar surface area (TPSA) is 58.6 Å². The van der Waals surface area contributed by atoms with Crippen LogP contribution in [0, 0.1) is 5.92 Å². The molecule has 0 atom stereocenters. The summed E-state index contributed by atoms with van der Waals surface area (Å²) >= 11 is 0. The second-order valence-corrected chi connectivity index (χ2v) is 6.06. The van der Waals surface area contributed by atoms with E-state index in [4.69, 9.17) is 4.74 Å². The minimum atomic E-state index is -0.0199. The lowest BCUT2D eigenvalue weighted by molar-refractivity contribution is -0.130. The Morgan fingerprint density at radius 2 is 1.87 bits per heavy atom. The second-order valence-electron chi connectivity index (χ2n) is 6.06. The molecule has 0 heterocycles. The molecule has 1 aromatic rings. The van der Waals surface area contributed by atoms with E-state index in [9.17, 15) is 9.59 Å². The van der Waals surface area contributed by atoms with Gasteiger partial charge >= 0.3 is 0 Å². The molecule has 0 aromatic heterocycles. The highest BCUT2D eigenvalue weighted by Gasteiger charge is 2.12. The Bertz CT molecular complexity index is 497. The van der Waals surface area contributed by atoms with Gasteiger partial charge in [-0.05, 0) is 30.0 Å². The third kappa shape index (κ3) is 7.68. The van der Waals surface area contributed by atoms with Crippen LogP contribution in [0.1, 0.15) is 32.8 Å². The maximum atomic E-state index is 11.9. The Labute approximate surface area is 139 Å². The van der Waals surface area contributed by atoms with Gasteiger partial charge in [-0.3, -0.25) is 9.59 Å². The maximum Gasteiger partial charge on any atom is 0.221 e. The van der Waals surface area contributed by atoms with Gasteiger partial charge in [0.2, 0.25) is 11.8 Å². The van der Waals surface area contributed by atoms with Crippen molar-refractivity contribution in [1.82, 2.24) is 10.2 Å². The quantitative estimate of drug-likeness (QED) is 0.759. The van der Waals surface area contributed by atoms with Crippen LogP contribution in [-0.4, -0.2) is 43.5 Å². The number of nitrogens with one attached hydrogen (secondary N) is 1. The zero-order valence-electron chi connectivity index (χ0n) is 14.6. The molecule has 0 aliphatic rings. The van der Waals surface area contributed by atoms with E-state index in [1.807, 2.05) is 24.3 Å². The molecule has 2 amide bonds. The highest BCUT2D eigenvalue weighted by molar-refractivity contribution is 5.78. The zero-order valence-corrected chi connectivity index (χ0v) is 14.6. The number of methoxy groups -OCH3 is 1. The molecule has 1 rings (SSSR count). The average molecular weight is 320 g/mol. The first kappa shape index (κ1) is 19.0. The zero-order chi connectivity index (χ0) is 17.2. The number of benzene rings is 1. The van der Waals surface area contributed by atoms with Crippen molar-refractivity contribution in [1.29, 1.82) is 0 Å². The van der Waals surface area contributed by atoms with E-state index in [1.165, 1.54) is 0 Å². The largest absolute Gasteiger partial charge is 0.497 e. The lowest BCUT2D eigenvalue weighted by Crippen LogP contribution is -2.36. The number of nitrogens with zero attached hydrogens (tertiary/aromatic N) is 1. The minimum absolute atomic E-state index is 0.0183. The molecule has 0 saturated carbocycles. The van der Waals surface area contributed by atoms with Crippen LogP contribution in [0.25, 0.3) is 0 Å². The molecule has 5 heteroatoms. The molecule has 0 aliphatic heterocycles. The Hall–Kier alpha value is -2.04. The number of hydrogen-bond acceptors (Lipinski definition) is 3. The fraction of sp³-hybridized carbons (Fsp3) is 0.556. The predicted octanol–water partition coefficient (Wildman–Crippen LogP) is 2.25. The highest BCUT2D eigenvalue weighted by Crippen LogP contribution is 2.11. The molecule has 0 fully saturated rings. The van der Waals surface area contributed by atoms with Crippen molar-refractivity contribution < 1.29 is 14.3 Å². The minimum Gasteiger partial charge on any atom is -0.497 e. The fourth-order valence-corrected chi connectivity index (χ4v) is 2.28. The summed E-state index contributed by atoms with van der Waals surface area (Å²) in [6.07, 6.45) is 1.12. The summed E-state index contributed by atoms with van der Waals surface area (Å²) in [5, 5.41) is 2.90. The Balaban J connectivity index is 2.28. The first-order chi connectivity index (χ1) is 10.9. The normalized spacial score (nSPS) is 10.5. The van der Waals surface area contributed by atoms with Crippen molar-refractivity contribution in [2.24, 2.45) is 5.92 Å². The van der Waals surface area contributed by atoms with E-state index in [-0.39, 0.29) is 11.8 Å². The molecule has 1 aromatic carbocycles. The van der Waals surface area contributed by atoms with Crippen molar-refractivity contribution >= 4 is 11.8 Å². The summed E-state index contributed by atoms with van der Waals surface area (Å²) in [5.41, 5.74) is 1.15. The van der Waals surface area contributed by atoms with Gasteiger partial charge in [-0.2, -0.15) is 0 Å². The van der Waals surface area contributed by atoms with Crippen molar-refractivity contribution in [3.63, 3.8) is 0 Å². The van der Waals surface area contributed by atoms with Crippen LogP contribution < -0.4 is 10.1 Å². The van der Waals surface area contributed by atoms with Crippen molar-refractivity contribution in [3.05, 3.63) is 29.8 Å². The molecule has 23 heavy (non-hydrogen) atoms. The Morgan fingerprint density at radius 3 is 2.39 bits per heavy atom. The van der Waals surface area contributed by atoms with Gasteiger partial charge in [0.25, 0.3) is 0 Å². The van der Waals surface area contributed by atoms with Gasteiger partial charge in [-0.25, -0.2) is 0 Å². The third-order valence-corrected chi connectivity index (χ3v) is 3.53. The van der Waals surface area contributed by atoms with Gasteiger partial charge in [-0.15, -0.1) is 0 Å². The molecular formula is C18H28N2O3. The van der Waals surface area contributed by atoms with Gasteiger partial charge in [-0.1, -0.05) is 26.0 Å². The van der Waals surface area contributed by atoms with E-state index < -0.39 is 0 Å². The van der Waals surface area contributed by atoms with Crippen LogP contribution in [0.5, 0.6) is 5.75 Å².